The molecule has 0 fully saturated rings. The first-order valence-corrected chi connectivity index (χ1v) is 13.3. The summed E-state index contributed by atoms with van der Waals surface area (Å²) in [6.45, 7) is 2.08. The smallest absolute Gasteiger partial charge is 0.362 e. The first-order chi connectivity index (χ1) is 15.1. The van der Waals surface area contributed by atoms with Crippen molar-refractivity contribution in [3.05, 3.63) is 63.9 Å². The highest BCUT2D eigenvalue weighted by atomic mass is 35.5. The van der Waals surface area contributed by atoms with Gasteiger partial charge in [0.2, 0.25) is 0 Å². The van der Waals surface area contributed by atoms with Crippen LogP contribution in [-0.2, 0) is 26.7 Å². The average Bonchev–Trinajstić information content (AvgIpc) is 2.63. The Labute approximate surface area is 198 Å². The van der Waals surface area contributed by atoms with Gasteiger partial charge in [-0.1, -0.05) is 29.8 Å². The van der Waals surface area contributed by atoms with E-state index < -0.39 is 20.2 Å². The van der Waals surface area contributed by atoms with Crippen LogP contribution in [0.1, 0.15) is 34.7 Å². The molecule has 0 saturated heterocycles. The van der Waals surface area contributed by atoms with Crippen LogP contribution in [0, 0.1) is 6.92 Å². The third-order valence-corrected chi connectivity index (χ3v) is 4.48. The van der Waals surface area contributed by atoms with E-state index >= 15 is 0 Å². The lowest BCUT2D eigenvalue weighted by molar-refractivity contribution is -0.464. The molecule has 3 rings (SSSR count). The summed E-state index contributed by atoms with van der Waals surface area (Å²) in [5, 5.41) is 7.87. The molecule has 1 atom stereocenters. The Hall–Kier alpha value is -2.58. The molecule has 0 bridgehead atoms. The zero-order chi connectivity index (χ0) is 25.4. The van der Waals surface area contributed by atoms with Crippen LogP contribution in [0.2, 0.25) is 5.02 Å². The molecule has 0 amide bonds. The highest BCUT2D eigenvalue weighted by Gasteiger charge is 2.31. The number of halogens is 1. The number of nitrogens with zero attached hydrogens (tertiary/aromatic N) is 1. The van der Waals surface area contributed by atoms with E-state index in [1.807, 2.05) is 30.5 Å². The Morgan fingerprint density at radius 3 is 2.15 bits per heavy atom. The van der Waals surface area contributed by atoms with Gasteiger partial charge in [-0.3, -0.25) is 11.5 Å². The number of hydrogen-bond acceptors (Lipinski definition) is 7. The quantitative estimate of drug-likeness (QED) is 0.185. The van der Waals surface area contributed by atoms with E-state index in [0.717, 1.165) is 40.4 Å². The molecule has 1 aliphatic rings. The minimum atomic E-state index is -3.92. The SMILES string of the molecule is CS(=O)(=O)[O-].CS(=O)(=O)[O-].Cc1cc[nH+]c2c1/C(=N/[NH+]=C(N)N)C[C@@H](c1ccccc1Cl)C2. The lowest BCUT2D eigenvalue weighted by Gasteiger charge is -2.24. The first kappa shape index (κ1) is 28.5. The molecule has 0 aliphatic heterocycles. The first-order valence-electron chi connectivity index (χ1n) is 9.33. The molecule has 6 N–H and O–H groups in total. The number of aromatic nitrogens is 1. The van der Waals surface area contributed by atoms with E-state index in [2.05, 4.69) is 28.2 Å². The summed E-state index contributed by atoms with van der Waals surface area (Å²) < 4.78 is 54.5. The molecular formula is C19H26ClN5O6S2. The number of nitrogens with one attached hydrogen (secondary N) is 2. The van der Waals surface area contributed by atoms with Crippen LogP contribution in [0.4, 0.5) is 0 Å². The van der Waals surface area contributed by atoms with Crippen LogP contribution in [-0.4, -0.2) is 50.1 Å². The second-order valence-electron chi connectivity index (χ2n) is 7.17. The fourth-order valence-corrected chi connectivity index (χ4v) is 3.43. The van der Waals surface area contributed by atoms with E-state index in [9.17, 15) is 0 Å². The van der Waals surface area contributed by atoms with Crippen molar-refractivity contribution < 1.29 is 36.0 Å². The third kappa shape index (κ3) is 11.7. The Balaban J connectivity index is 0.000000460. The number of hydrazone groups is 1. The molecule has 1 aromatic carbocycles. The summed E-state index contributed by atoms with van der Waals surface area (Å²) in [5.74, 6) is 0.338. The minimum absolute atomic E-state index is 0.0801. The minimum Gasteiger partial charge on any atom is -0.748 e. The lowest BCUT2D eigenvalue weighted by atomic mass is 9.80. The molecule has 0 spiro atoms. The third-order valence-electron chi connectivity index (χ3n) is 4.13. The largest absolute Gasteiger partial charge is 0.748 e. The Bertz CT molecular complexity index is 1200. The van der Waals surface area contributed by atoms with Crippen LogP contribution in [0.5, 0.6) is 0 Å². The van der Waals surface area contributed by atoms with Crippen LogP contribution in [0.15, 0.2) is 41.6 Å². The van der Waals surface area contributed by atoms with Crippen LogP contribution >= 0.6 is 11.6 Å². The normalized spacial score (nSPS) is 16.4. The van der Waals surface area contributed by atoms with Gasteiger partial charge in [0.05, 0.1) is 31.5 Å². The monoisotopic (exact) mass is 519 g/mol. The predicted octanol–water partition coefficient (Wildman–Crippen LogP) is -1.43. The van der Waals surface area contributed by atoms with Gasteiger partial charge < -0.3 is 9.11 Å². The van der Waals surface area contributed by atoms with E-state index in [4.69, 9.17) is 49.0 Å². The van der Waals surface area contributed by atoms with Gasteiger partial charge in [-0.15, -0.1) is 5.10 Å². The van der Waals surface area contributed by atoms with E-state index in [1.54, 1.807) is 0 Å². The van der Waals surface area contributed by atoms with Crippen molar-refractivity contribution in [2.75, 3.05) is 12.5 Å². The van der Waals surface area contributed by atoms with Crippen molar-refractivity contribution in [1.82, 2.24) is 0 Å². The van der Waals surface area contributed by atoms with Gasteiger partial charge in [0.25, 0.3) is 0 Å². The van der Waals surface area contributed by atoms with Crippen molar-refractivity contribution >= 4 is 43.5 Å². The lowest BCUT2D eigenvalue weighted by Crippen LogP contribution is -2.73. The Kier molecular flexibility index (Phi) is 10.4. The maximum atomic E-state index is 9.08. The van der Waals surface area contributed by atoms with Crippen molar-refractivity contribution in [1.29, 1.82) is 0 Å². The number of rotatable bonds is 2. The molecular weight excluding hydrogens is 494 g/mol. The van der Waals surface area contributed by atoms with Crippen molar-refractivity contribution in [3.63, 3.8) is 0 Å². The van der Waals surface area contributed by atoms with Gasteiger partial charge in [0.15, 0.2) is 11.9 Å². The van der Waals surface area contributed by atoms with Gasteiger partial charge in [-0.2, -0.15) is 5.10 Å². The average molecular weight is 520 g/mol. The molecule has 14 heteroatoms. The van der Waals surface area contributed by atoms with E-state index in [-0.39, 0.29) is 11.9 Å². The second-order valence-corrected chi connectivity index (χ2v) is 10.4. The number of aryl methyl sites for hydroxylation is 1. The van der Waals surface area contributed by atoms with Crippen molar-refractivity contribution in [2.45, 2.75) is 25.7 Å². The molecule has 2 aromatic rings. The molecule has 0 unspecified atom stereocenters. The fourth-order valence-electron chi connectivity index (χ4n) is 3.14. The highest BCUT2D eigenvalue weighted by molar-refractivity contribution is 7.85. The zero-order valence-corrected chi connectivity index (χ0v) is 20.6. The highest BCUT2D eigenvalue weighted by Crippen LogP contribution is 2.35. The summed E-state index contributed by atoms with van der Waals surface area (Å²) >= 11 is 6.38. The van der Waals surface area contributed by atoms with Gasteiger partial charge >= 0.3 is 5.96 Å². The molecule has 1 aliphatic carbocycles. The summed E-state index contributed by atoms with van der Waals surface area (Å²) in [6, 6.07) is 9.99. The molecule has 1 aromatic heterocycles. The number of hydrogen-bond donors (Lipinski definition) is 3. The van der Waals surface area contributed by atoms with Crippen LogP contribution < -0.4 is 21.6 Å². The van der Waals surface area contributed by atoms with Gasteiger partial charge in [0, 0.05) is 42.4 Å². The van der Waals surface area contributed by atoms with Crippen molar-refractivity contribution in [2.24, 2.45) is 16.6 Å². The maximum Gasteiger partial charge on any atom is 0.362 e. The number of fused-ring (bicyclic) bond motifs is 1. The standard InChI is InChI=1S/C17H18ClN5.2CH4O3S/c1-10-6-7-21-14-8-11(12-4-2-3-5-13(12)18)9-15(16(10)14)22-23-17(19)20;2*1-5(2,3)4/h2-7,11H,8-9H2,1H3,(H4,19,20,23);2*1H3,(H,2,3,4)/b22-15+;;/t11-;;/m0../s1. The number of nitrogens with two attached hydrogens (primary N) is 2. The molecule has 1 heterocycles. The molecule has 11 nitrogen and oxygen atoms in total. The van der Waals surface area contributed by atoms with Gasteiger partial charge in [0.1, 0.15) is 0 Å². The number of H-pyrrole nitrogens is 1. The molecule has 182 valence electrons. The zero-order valence-electron chi connectivity index (χ0n) is 18.2. The number of aromatic amines is 1. The molecule has 0 saturated carbocycles. The van der Waals surface area contributed by atoms with Gasteiger partial charge in [-0.05, 0) is 24.1 Å². The topological polar surface area (TPSA) is 207 Å². The summed E-state index contributed by atoms with van der Waals surface area (Å²) in [7, 11) is -7.83. The van der Waals surface area contributed by atoms with Gasteiger partial charge in [-0.25, -0.2) is 21.8 Å². The van der Waals surface area contributed by atoms with Crippen LogP contribution in [0.3, 0.4) is 0 Å². The fraction of sp³-hybridized carbons (Fsp3) is 0.316. The molecule has 33 heavy (non-hydrogen) atoms. The van der Waals surface area contributed by atoms with E-state index in [0.29, 0.717) is 12.5 Å². The molecule has 0 radical (unpaired) electrons. The predicted molar refractivity (Wildman–Crippen MR) is 122 cm³/mol. The maximum absolute atomic E-state index is 9.08. The summed E-state index contributed by atoms with van der Waals surface area (Å²) in [4.78, 5) is 3.35. The second kappa shape index (κ2) is 12.0. The summed E-state index contributed by atoms with van der Waals surface area (Å²) in [6.07, 6.45) is 4.83. The number of guanidine groups is 1. The number of pyridine rings is 1. The summed E-state index contributed by atoms with van der Waals surface area (Å²) in [5.41, 5.74) is 16.5. The van der Waals surface area contributed by atoms with E-state index in [1.165, 1.54) is 5.56 Å². The number of benzene rings is 1. The van der Waals surface area contributed by atoms with Crippen LogP contribution in [0.25, 0.3) is 0 Å². The Morgan fingerprint density at radius 2 is 1.64 bits per heavy atom. The van der Waals surface area contributed by atoms with Crippen molar-refractivity contribution in [3.8, 4) is 0 Å². The Morgan fingerprint density at radius 1 is 1.09 bits per heavy atom.